The van der Waals surface area contributed by atoms with Crippen LogP contribution in [0.25, 0.3) is 0 Å². The number of thiocarbonyl (C=S) groups is 1. The number of hydrogen-bond donors (Lipinski definition) is 2. The summed E-state index contributed by atoms with van der Waals surface area (Å²) in [6, 6.07) is -0.136. The molecule has 0 saturated heterocycles. The van der Waals surface area contributed by atoms with Gasteiger partial charge in [-0.05, 0) is 25.2 Å². The Kier molecular flexibility index (Phi) is 6.48. The van der Waals surface area contributed by atoms with Crippen LogP contribution in [0.1, 0.15) is 58.3 Å². The molecule has 0 aromatic rings. The van der Waals surface area contributed by atoms with Crippen molar-refractivity contribution in [3.8, 4) is 0 Å². The lowest BCUT2D eigenvalue weighted by Crippen LogP contribution is -2.43. The molecule has 3 nitrogen and oxygen atoms in total. The van der Waals surface area contributed by atoms with E-state index in [2.05, 4.69) is 5.32 Å². The molecule has 1 rings (SSSR count). The van der Waals surface area contributed by atoms with Crippen molar-refractivity contribution in [1.82, 2.24) is 5.32 Å². The zero-order valence-electron chi connectivity index (χ0n) is 10.7. The van der Waals surface area contributed by atoms with Crippen molar-refractivity contribution < 1.29 is 4.79 Å². The van der Waals surface area contributed by atoms with E-state index >= 15 is 0 Å². The van der Waals surface area contributed by atoms with Gasteiger partial charge >= 0.3 is 0 Å². The lowest BCUT2D eigenvalue weighted by molar-refractivity contribution is -0.122. The van der Waals surface area contributed by atoms with Crippen molar-refractivity contribution in [3.63, 3.8) is 0 Å². The lowest BCUT2D eigenvalue weighted by Gasteiger charge is -2.18. The van der Waals surface area contributed by atoms with Gasteiger partial charge in [0.05, 0.1) is 11.0 Å². The highest BCUT2D eigenvalue weighted by molar-refractivity contribution is 7.80. The van der Waals surface area contributed by atoms with Gasteiger partial charge in [-0.2, -0.15) is 0 Å². The number of nitrogens with two attached hydrogens (primary N) is 1. The Morgan fingerprint density at radius 3 is 2.41 bits per heavy atom. The smallest absolute Gasteiger partial charge is 0.220 e. The van der Waals surface area contributed by atoms with E-state index in [1.165, 1.54) is 38.5 Å². The van der Waals surface area contributed by atoms with Gasteiger partial charge in [-0.3, -0.25) is 4.79 Å². The molecule has 0 aromatic carbocycles. The van der Waals surface area contributed by atoms with E-state index in [4.69, 9.17) is 18.0 Å². The molecule has 0 heterocycles. The maximum absolute atomic E-state index is 11.9. The Morgan fingerprint density at radius 1 is 1.35 bits per heavy atom. The van der Waals surface area contributed by atoms with E-state index in [0.29, 0.717) is 17.3 Å². The van der Waals surface area contributed by atoms with Crippen LogP contribution in [0.4, 0.5) is 0 Å². The van der Waals surface area contributed by atoms with E-state index in [9.17, 15) is 4.79 Å². The number of rotatable bonds is 5. The number of carbonyl (C=O) groups excluding carboxylic acids is 1. The average molecular weight is 256 g/mol. The van der Waals surface area contributed by atoms with Gasteiger partial charge in [0.25, 0.3) is 0 Å². The van der Waals surface area contributed by atoms with Crippen LogP contribution in [0.5, 0.6) is 0 Å². The van der Waals surface area contributed by atoms with E-state index in [1.807, 2.05) is 6.92 Å². The number of carbonyl (C=O) groups is 1. The van der Waals surface area contributed by atoms with Crippen LogP contribution in [0.2, 0.25) is 0 Å². The zero-order valence-corrected chi connectivity index (χ0v) is 11.5. The minimum absolute atomic E-state index is 0.108. The van der Waals surface area contributed by atoms with Gasteiger partial charge in [0.15, 0.2) is 0 Å². The van der Waals surface area contributed by atoms with E-state index in [0.717, 1.165) is 6.42 Å². The average Bonchev–Trinajstić information content (AvgIpc) is 2.54. The maximum atomic E-state index is 11.9. The third-order valence-electron chi connectivity index (χ3n) is 3.54. The molecule has 0 aromatic heterocycles. The Balaban J connectivity index is 2.34. The fourth-order valence-corrected chi connectivity index (χ4v) is 2.68. The molecule has 0 spiro atoms. The van der Waals surface area contributed by atoms with Crippen LogP contribution in [-0.4, -0.2) is 16.9 Å². The normalized spacial score (nSPS) is 19.4. The largest absolute Gasteiger partial charge is 0.392 e. The van der Waals surface area contributed by atoms with Crippen LogP contribution in [-0.2, 0) is 4.79 Å². The molecular formula is C13H24N2OS. The highest BCUT2D eigenvalue weighted by atomic mass is 32.1. The Bertz CT molecular complexity index is 260. The summed E-state index contributed by atoms with van der Waals surface area (Å²) in [6.07, 6.45) is 8.97. The molecule has 1 amide bonds. The van der Waals surface area contributed by atoms with E-state index in [-0.39, 0.29) is 11.9 Å². The molecule has 98 valence electrons. The van der Waals surface area contributed by atoms with Crippen molar-refractivity contribution in [2.45, 2.75) is 64.3 Å². The van der Waals surface area contributed by atoms with Gasteiger partial charge in [0.2, 0.25) is 5.91 Å². The van der Waals surface area contributed by atoms with Gasteiger partial charge < -0.3 is 11.1 Å². The maximum Gasteiger partial charge on any atom is 0.220 e. The number of nitrogens with one attached hydrogen (secondary N) is 1. The topological polar surface area (TPSA) is 55.1 Å². The molecule has 4 heteroatoms. The van der Waals surface area contributed by atoms with Crippen molar-refractivity contribution in [3.05, 3.63) is 0 Å². The van der Waals surface area contributed by atoms with E-state index in [1.54, 1.807) is 0 Å². The SMILES string of the molecule is CCC(NC(=O)CC1CCCCCC1)C(N)=S. The molecule has 0 radical (unpaired) electrons. The summed E-state index contributed by atoms with van der Waals surface area (Å²) in [5.41, 5.74) is 5.57. The van der Waals surface area contributed by atoms with Gasteiger partial charge in [-0.1, -0.05) is 44.8 Å². The van der Waals surface area contributed by atoms with Gasteiger partial charge in [-0.25, -0.2) is 0 Å². The predicted octanol–water partition coefficient (Wildman–Crippen LogP) is 2.53. The summed E-state index contributed by atoms with van der Waals surface area (Å²) in [7, 11) is 0. The summed E-state index contributed by atoms with van der Waals surface area (Å²) in [6.45, 7) is 1.98. The standard InChI is InChI=1S/C13H24N2OS/c1-2-11(13(14)17)15-12(16)9-10-7-5-3-4-6-8-10/h10-11H,2-9H2,1H3,(H2,14,17)(H,15,16). The Labute approximate surface area is 110 Å². The van der Waals surface area contributed by atoms with Gasteiger partial charge in [0.1, 0.15) is 0 Å². The quantitative estimate of drug-likeness (QED) is 0.587. The summed E-state index contributed by atoms with van der Waals surface area (Å²) in [5, 5.41) is 2.93. The first kappa shape index (κ1) is 14.4. The van der Waals surface area contributed by atoms with Gasteiger partial charge in [0, 0.05) is 6.42 Å². The monoisotopic (exact) mass is 256 g/mol. The molecule has 17 heavy (non-hydrogen) atoms. The Hall–Kier alpha value is -0.640. The molecule has 1 aliphatic carbocycles. The fourth-order valence-electron chi connectivity index (χ4n) is 2.46. The second-order valence-electron chi connectivity index (χ2n) is 4.99. The molecule has 3 N–H and O–H groups in total. The van der Waals surface area contributed by atoms with Crippen LogP contribution in [0, 0.1) is 5.92 Å². The third-order valence-corrected chi connectivity index (χ3v) is 3.82. The molecule has 1 atom stereocenters. The number of amides is 1. The highest BCUT2D eigenvalue weighted by Gasteiger charge is 2.18. The molecule has 0 bridgehead atoms. The van der Waals surface area contributed by atoms with Crippen molar-refractivity contribution in [2.75, 3.05) is 0 Å². The first-order valence-electron chi connectivity index (χ1n) is 6.72. The molecule has 0 aliphatic heterocycles. The van der Waals surface area contributed by atoms with Crippen molar-refractivity contribution in [2.24, 2.45) is 11.7 Å². The number of hydrogen-bond acceptors (Lipinski definition) is 2. The van der Waals surface area contributed by atoms with Crippen molar-refractivity contribution in [1.29, 1.82) is 0 Å². The summed E-state index contributed by atoms with van der Waals surface area (Å²) in [5.74, 6) is 0.665. The lowest BCUT2D eigenvalue weighted by atomic mass is 9.96. The molecule has 1 unspecified atom stereocenters. The van der Waals surface area contributed by atoms with Crippen LogP contribution in [0.3, 0.4) is 0 Å². The zero-order chi connectivity index (χ0) is 12.7. The molecule has 1 saturated carbocycles. The predicted molar refractivity (Wildman–Crippen MR) is 74.8 cm³/mol. The highest BCUT2D eigenvalue weighted by Crippen LogP contribution is 2.25. The van der Waals surface area contributed by atoms with Crippen LogP contribution < -0.4 is 11.1 Å². The third kappa shape index (κ3) is 5.48. The summed E-state index contributed by atoms with van der Waals surface area (Å²) in [4.78, 5) is 12.3. The van der Waals surface area contributed by atoms with Crippen LogP contribution in [0.15, 0.2) is 0 Å². The minimum Gasteiger partial charge on any atom is -0.392 e. The fraction of sp³-hybridized carbons (Fsp3) is 0.846. The second-order valence-corrected chi connectivity index (χ2v) is 5.46. The Morgan fingerprint density at radius 2 is 1.94 bits per heavy atom. The van der Waals surface area contributed by atoms with Crippen molar-refractivity contribution >= 4 is 23.1 Å². The molecular weight excluding hydrogens is 232 g/mol. The first-order chi connectivity index (χ1) is 8.13. The first-order valence-corrected chi connectivity index (χ1v) is 7.13. The molecule has 1 fully saturated rings. The van der Waals surface area contributed by atoms with E-state index < -0.39 is 0 Å². The summed E-state index contributed by atoms with van der Waals surface area (Å²) >= 11 is 4.92. The van der Waals surface area contributed by atoms with Gasteiger partial charge in [-0.15, -0.1) is 0 Å². The molecule has 1 aliphatic rings. The van der Waals surface area contributed by atoms with Crippen LogP contribution >= 0.6 is 12.2 Å². The minimum atomic E-state index is -0.136. The second kappa shape index (κ2) is 7.64. The summed E-state index contributed by atoms with van der Waals surface area (Å²) < 4.78 is 0.